The zero-order valence-corrected chi connectivity index (χ0v) is 13.2. The molecule has 1 aliphatic rings. The van der Waals surface area contributed by atoms with E-state index in [-0.39, 0.29) is 22.2 Å². The van der Waals surface area contributed by atoms with Crippen LogP contribution in [0, 0.1) is 5.92 Å². The highest BCUT2D eigenvalue weighted by Gasteiger charge is 2.30. The molecule has 0 bridgehead atoms. The van der Waals surface area contributed by atoms with Gasteiger partial charge in [-0.1, -0.05) is 6.42 Å². The van der Waals surface area contributed by atoms with Gasteiger partial charge >= 0.3 is 5.69 Å². The van der Waals surface area contributed by atoms with Crippen molar-refractivity contribution in [1.82, 2.24) is 14.7 Å². The van der Waals surface area contributed by atoms with Crippen LogP contribution in [-0.4, -0.2) is 31.0 Å². The Kier molecular flexibility index (Phi) is 4.09. The molecule has 0 aliphatic heterocycles. The molecule has 0 spiro atoms. The Morgan fingerprint density at radius 1 is 1.22 bits per heavy atom. The smallest absolute Gasteiger partial charge is 0.326 e. The van der Waals surface area contributed by atoms with Crippen LogP contribution in [0.5, 0.6) is 0 Å². The molecule has 3 rings (SSSR count). The summed E-state index contributed by atoms with van der Waals surface area (Å²) in [6.07, 6.45) is 2.60. The number of nitrogens with one attached hydrogen (secondary N) is 3. The van der Waals surface area contributed by atoms with Crippen molar-refractivity contribution in [3.8, 4) is 0 Å². The van der Waals surface area contributed by atoms with Gasteiger partial charge in [0.25, 0.3) is 5.56 Å². The Balaban J connectivity index is 1.98. The van der Waals surface area contributed by atoms with Gasteiger partial charge in [-0.25, -0.2) is 17.9 Å². The van der Waals surface area contributed by atoms with E-state index in [4.69, 9.17) is 5.73 Å². The number of nitrogens with two attached hydrogens (primary N) is 1. The van der Waals surface area contributed by atoms with E-state index in [0.717, 1.165) is 19.3 Å². The van der Waals surface area contributed by atoms with Gasteiger partial charge in [-0.2, -0.15) is 0 Å². The van der Waals surface area contributed by atoms with E-state index in [1.165, 1.54) is 18.2 Å². The van der Waals surface area contributed by atoms with Crippen molar-refractivity contribution < 1.29 is 8.42 Å². The highest BCUT2D eigenvalue weighted by molar-refractivity contribution is 7.89. The van der Waals surface area contributed by atoms with Crippen LogP contribution in [0.3, 0.4) is 0 Å². The van der Waals surface area contributed by atoms with Crippen LogP contribution in [-0.2, 0) is 10.0 Å². The molecule has 0 amide bonds. The molecule has 1 heterocycles. The Labute approximate surface area is 132 Å². The quantitative estimate of drug-likeness (QED) is 0.602. The fourth-order valence-electron chi connectivity index (χ4n) is 3.05. The maximum atomic E-state index is 12.5. The molecule has 0 radical (unpaired) electrons. The molecule has 2 unspecified atom stereocenters. The minimum Gasteiger partial charge on any atom is -0.330 e. The summed E-state index contributed by atoms with van der Waals surface area (Å²) < 4.78 is 27.7. The summed E-state index contributed by atoms with van der Waals surface area (Å²) in [4.78, 5) is 27.6. The molecule has 9 heteroatoms. The van der Waals surface area contributed by atoms with Crippen molar-refractivity contribution in [1.29, 1.82) is 0 Å². The second-order valence-corrected chi connectivity index (χ2v) is 7.48. The largest absolute Gasteiger partial charge is 0.330 e. The summed E-state index contributed by atoms with van der Waals surface area (Å²) >= 11 is 0. The van der Waals surface area contributed by atoms with E-state index in [1.54, 1.807) is 0 Å². The highest BCUT2D eigenvalue weighted by atomic mass is 32.2. The Bertz CT molecular complexity index is 947. The molecule has 1 aromatic carbocycles. The summed E-state index contributed by atoms with van der Waals surface area (Å²) in [5.41, 5.74) is 4.71. The van der Waals surface area contributed by atoms with E-state index < -0.39 is 21.3 Å². The predicted molar refractivity (Wildman–Crippen MR) is 85.7 cm³/mol. The van der Waals surface area contributed by atoms with E-state index >= 15 is 0 Å². The molecule has 1 saturated carbocycles. The minimum atomic E-state index is -3.76. The second kappa shape index (κ2) is 5.91. The van der Waals surface area contributed by atoms with Crippen LogP contribution in [0.15, 0.2) is 32.7 Å². The monoisotopic (exact) mass is 338 g/mol. The molecule has 23 heavy (non-hydrogen) atoms. The van der Waals surface area contributed by atoms with Gasteiger partial charge in [0, 0.05) is 6.04 Å². The van der Waals surface area contributed by atoms with Crippen molar-refractivity contribution in [3.63, 3.8) is 0 Å². The number of sulfonamides is 1. The van der Waals surface area contributed by atoms with Crippen LogP contribution in [0.25, 0.3) is 10.9 Å². The van der Waals surface area contributed by atoms with E-state index in [2.05, 4.69) is 14.7 Å². The van der Waals surface area contributed by atoms with E-state index in [1.807, 2.05) is 0 Å². The summed E-state index contributed by atoms with van der Waals surface area (Å²) in [6, 6.07) is 3.86. The lowest BCUT2D eigenvalue weighted by molar-refractivity contribution is 0.453. The van der Waals surface area contributed by atoms with Crippen LogP contribution < -0.4 is 21.7 Å². The molecule has 0 saturated heterocycles. The molecule has 1 aliphatic carbocycles. The van der Waals surface area contributed by atoms with Crippen molar-refractivity contribution in [2.45, 2.75) is 30.2 Å². The average molecular weight is 338 g/mol. The van der Waals surface area contributed by atoms with Crippen molar-refractivity contribution in [2.75, 3.05) is 6.54 Å². The SMILES string of the molecule is NCC1CCCC1NS(=O)(=O)c1ccc2[nH]c(=O)[nH]c(=O)c2c1. The fraction of sp³-hybridized carbons (Fsp3) is 0.429. The summed E-state index contributed by atoms with van der Waals surface area (Å²) in [5.74, 6) is 0.130. The van der Waals surface area contributed by atoms with Gasteiger partial charge in [0.1, 0.15) is 0 Å². The van der Waals surface area contributed by atoms with E-state index in [0.29, 0.717) is 12.1 Å². The van der Waals surface area contributed by atoms with Gasteiger partial charge in [0.2, 0.25) is 10.0 Å². The van der Waals surface area contributed by atoms with Crippen LogP contribution in [0.4, 0.5) is 0 Å². The van der Waals surface area contributed by atoms with Crippen LogP contribution >= 0.6 is 0 Å². The number of aromatic amines is 2. The lowest BCUT2D eigenvalue weighted by Gasteiger charge is -2.19. The zero-order valence-electron chi connectivity index (χ0n) is 12.3. The van der Waals surface area contributed by atoms with Crippen LogP contribution in [0.1, 0.15) is 19.3 Å². The first kappa shape index (κ1) is 15.9. The van der Waals surface area contributed by atoms with Gasteiger partial charge < -0.3 is 10.7 Å². The number of fused-ring (bicyclic) bond motifs is 1. The highest BCUT2D eigenvalue weighted by Crippen LogP contribution is 2.26. The summed E-state index contributed by atoms with van der Waals surface area (Å²) in [6.45, 7) is 0.436. The van der Waals surface area contributed by atoms with Gasteiger partial charge in [-0.3, -0.25) is 9.78 Å². The van der Waals surface area contributed by atoms with Gasteiger partial charge in [-0.05, 0) is 43.5 Å². The second-order valence-electron chi connectivity index (χ2n) is 5.77. The lowest BCUT2D eigenvalue weighted by atomic mass is 10.1. The maximum absolute atomic E-state index is 12.5. The van der Waals surface area contributed by atoms with Gasteiger partial charge in [0.05, 0.1) is 15.8 Å². The normalized spacial score (nSPS) is 21.8. The Hall–Kier alpha value is -1.97. The van der Waals surface area contributed by atoms with Crippen molar-refractivity contribution in [3.05, 3.63) is 39.0 Å². The molecule has 1 aromatic heterocycles. The topological polar surface area (TPSA) is 138 Å². The zero-order chi connectivity index (χ0) is 16.6. The fourth-order valence-corrected chi connectivity index (χ4v) is 4.42. The van der Waals surface area contributed by atoms with E-state index in [9.17, 15) is 18.0 Å². The first-order valence-electron chi connectivity index (χ1n) is 7.39. The van der Waals surface area contributed by atoms with Gasteiger partial charge in [-0.15, -0.1) is 0 Å². The van der Waals surface area contributed by atoms with Crippen LogP contribution in [0.2, 0.25) is 0 Å². The molecule has 2 aromatic rings. The number of benzene rings is 1. The molecule has 8 nitrogen and oxygen atoms in total. The molecule has 1 fully saturated rings. The summed E-state index contributed by atoms with van der Waals surface area (Å²) in [5, 5.41) is 0.120. The first-order chi connectivity index (χ1) is 10.9. The van der Waals surface area contributed by atoms with Gasteiger partial charge in [0.15, 0.2) is 0 Å². The number of aromatic nitrogens is 2. The standard InChI is InChI=1S/C14H18N4O4S/c15-7-8-2-1-3-11(8)18-23(21,22)9-4-5-12-10(6-9)13(19)17-14(20)16-12/h4-6,8,11,18H,1-3,7,15H2,(H2,16,17,19,20). The molecule has 124 valence electrons. The number of hydrogen-bond donors (Lipinski definition) is 4. The Morgan fingerprint density at radius 3 is 2.74 bits per heavy atom. The first-order valence-corrected chi connectivity index (χ1v) is 8.88. The molecule has 2 atom stereocenters. The third kappa shape index (κ3) is 3.07. The number of H-pyrrole nitrogens is 2. The number of rotatable bonds is 4. The third-order valence-electron chi connectivity index (χ3n) is 4.29. The maximum Gasteiger partial charge on any atom is 0.326 e. The number of hydrogen-bond acceptors (Lipinski definition) is 5. The van der Waals surface area contributed by atoms with Crippen molar-refractivity contribution >= 4 is 20.9 Å². The average Bonchev–Trinajstić information content (AvgIpc) is 2.93. The minimum absolute atomic E-state index is 0.00906. The van der Waals surface area contributed by atoms with Crippen molar-refractivity contribution in [2.24, 2.45) is 11.7 Å². The molecule has 5 N–H and O–H groups in total. The molecular formula is C14H18N4O4S. The summed E-state index contributed by atoms with van der Waals surface area (Å²) in [7, 11) is -3.76. The molecular weight excluding hydrogens is 320 g/mol. The Morgan fingerprint density at radius 2 is 2.00 bits per heavy atom. The third-order valence-corrected chi connectivity index (χ3v) is 5.78. The predicted octanol–water partition coefficient (Wildman–Crippen LogP) is -0.378. The lowest BCUT2D eigenvalue weighted by Crippen LogP contribution is -2.39.